The second-order valence-electron chi connectivity index (χ2n) is 5.02. The Morgan fingerprint density at radius 3 is 2.35 bits per heavy atom. The third-order valence-corrected chi connectivity index (χ3v) is 5.07. The highest BCUT2D eigenvalue weighted by molar-refractivity contribution is 7.89. The van der Waals surface area contributed by atoms with Gasteiger partial charge in [-0.25, -0.2) is 13.2 Å². The monoisotopic (exact) mass is 337 g/mol. The molecule has 1 aromatic carbocycles. The van der Waals surface area contributed by atoms with Crippen LogP contribution in [0.3, 0.4) is 0 Å². The lowest BCUT2D eigenvalue weighted by molar-refractivity contribution is 0.0526. The Balaban J connectivity index is 2.16. The van der Waals surface area contributed by atoms with Crippen molar-refractivity contribution in [2.24, 2.45) is 0 Å². The number of hydrogen-bond acceptors (Lipinski definition) is 5. The average Bonchev–Trinajstić information content (AvgIpc) is 2.92. The van der Waals surface area contributed by atoms with Gasteiger partial charge in [-0.15, -0.1) is 0 Å². The van der Waals surface area contributed by atoms with Crippen LogP contribution < -0.4 is 0 Å². The van der Waals surface area contributed by atoms with Gasteiger partial charge in [0, 0.05) is 7.05 Å². The van der Waals surface area contributed by atoms with E-state index in [0.29, 0.717) is 11.3 Å². The van der Waals surface area contributed by atoms with Crippen molar-refractivity contribution in [1.29, 1.82) is 0 Å². The summed E-state index contributed by atoms with van der Waals surface area (Å²) < 4.78 is 36.5. The number of ether oxygens (including phenoxy) is 1. The SMILES string of the molecule is CCOC(=O)c1ccc(S(=O)(=O)N(C)Cc2ccc(C)o2)cc1. The second kappa shape index (κ2) is 6.97. The van der Waals surface area contributed by atoms with Gasteiger partial charge in [0.15, 0.2) is 0 Å². The number of aryl methyl sites for hydroxylation is 1. The van der Waals surface area contributed by atoms with E-state index in [1.54, 1.807) is 26.0 Å². The third kappa shape index (κ3) is 4.00. The zero-order chi connectivity index (χ0) is 17.0. The standard InChI is InChI=1S/C16H19NO5S/c1-4-21-16(18)13-6-9-15(10-7-13)23(19,20)17(3)11-14-8-5-12(2)22-14/h5-10H,4,11H2,1-3H3. The van der Waals surface area contributed by atoms with Crippen LogP contribution in [0.1, 0.15) is 28.8 Å². The first kappa shape index (κ1) is 17.2. The van der Waals surface area contributed by atoms with Crippen LogP contribution in [0.2, 0.25) is 0 Å². The Hall–Kier alpha value is -2.12. The Morgan fingerprint density at radius 2 is 1.83 bits per heavy atom. The normalized spacial score (nSPS) is 11.7. The Morgan fingerprint density at radius 1 is 1.17 bits per heavy atom. The van der Waals surface area contributed by atoms with Crippen molar-refractivity contribution in [3.8, 4) is 0 Å². The number of hydrogen-bond donors (Lipinski definition) is 0. The lowest BCUT2D eigenvalue weighted by Gasteiger charge is -2.16. The Labute approximate surface area is 135 Å². The van der Waals surface area contributed by atoms with Crippen LogP contribution in [0.5, 0.6) is 0 Å². The number of furan rings is 1. The molecule has 0 saturated heterocycles. The minimum absolute atomic E-state index is 0.108. The van der Waals surface area contributed by atoms with Gasteiger partial charge >= 0.3 is 5.97 Å². The predicted octanol–water partition coefficient (Wildman–Crippen LogP) is 2.59. The summed E-state index contributed by atoms with van der Waals surface area (Å²) in [6.07, 6.45) is 0. The van der Waals surface area contributed by atoms with E-state index < -0.39 is 16.0 Å². The van der Waals surface area contributed by atoms with Crippen molar-refractivity contribution >= 4 is 16.0 Å². The molecule has 0 amide bonds. The van der Waals surface area contributed by atoms with Crippen molar-refractivity contribution in [1.82, 2.24) is 4.31 Å². The van der Waals surface area contributed by atoms with Crippen molar-refractivity contribution < 1.29 is 22.4 Å². The maximum Gasteiger partial charge on any atom is 0.338 e. The van der Waals surface area contributed by atoms with Gasteiger partial charge in [-0.1, -0.05) is 0 Å². The first-order valence-corrected chi connectivity index (χ1v) is 8.57. The number of benzene rings is 1. The maximum atomic E-state index is 12.5. The zero-order valence-electron chi connectivity index (χ0n) is 13.3. The summed E-state index contributed by atoms with van der Waals surface area (Å²) in [6.45, 7) is 3.91. The molecule has 0 aliphatic heterocycles. The smallest absolute Gasteiger partial charge is 0.338 e. The molecule has 0 spiro atoms. The van der Waals surface area contributed by atoms with Gasteiger partial charge in [0.1, 0.15) is 11.5 Å². The third-order valence-electron chi connectivity index (χ3n) is 3.25. The van der Waals surface area contributed by atoms with Gasteiger partial charge in [-0.05, 0) is 50.2 Å². The molecule has 2 rings (SSSR count). The Kier molecular flexibility index (Phi) is 5.23. The average molecular weight is 337 g/mol. The minimum Gasteiger partial charge on any atom is -0.465 e. The van der Waals surface area contributed by atoms with Crippen LogP contribution in [-0.4, -0.2) is 32.3 Å². The lowest BCUT2D eigenvalue weighted by atomic mass is 10.2. The molecule has 0 aliphatic carbocycles. The number of carbonyl (C=O) groups excluding carboxylic acids is 1. The van der Waals surface area contributed by atoms with Crippen LogP contribution in [0.15, 0.2) is 45.7 Å². The van der Waals surface area contributed by atoms with Gasteiger partial charge in [0.05, 0.1) is 23.6 Å². The lowest BCUT2D eigenvalue weighted by Crippen LogP contribution is -2.26. The van der Waals surface area contributed by atoms with Crippen LogP contribution >= 0.6 is 0 Å². The molecule has 23 heavy (non-hydrogen) atoms. The van der Waals surface area contributed by atoms with Crippen LogP contribution in [0.4, 0.5) is 0 Å². The van der Waals surface area contributed by atoms with E-state index in [2.05, 4.69) is 0 Å². The fourth-order valence-electron chi connectivity index (χ4n) is 2.03. The van der Waals surface area contributed by atoms with E-state index in [0.717, 1.165) is 5.76 Å². The van der Waals surface area contributed by atoms with Gasteiger partial charge in [0.2, 0.25) is 10.0 Å². The minimum atomic E-state index is -3.66. The Bertz CT molecular complexity index is 777. The molecule has 0 unspecified atom stereocenters. The molecular formula is C16H19NO5S. The molecule has 1 aromatic heterocycles. The van der Waals surface area contributed by atoms with Crippen LogP contribution in [-0.2, 0) is 21.3 Å². The molecule has 124 valence electrons. The molecule has 0 aliphatic rings. The predicted molar refractivity (Wildman–Crippen MR) is 84.5 cm³/mol. The highest BCUT2D eigenvalue weighted by Crippen LogP contribution is 2.18. The topological polar surface area (TPSA) is 76.8 Å². The summed E-state index contributed by atoms with van der Waals surface area (Å²) in [7, 11) is -2.18. The molecule has 0 N–H and O–H groups in total. The summed E-state index contributed by atoms with van der Waals surface area (Å²) >= 11 is 0. The number of rotatable bonds is 6. The van der Waals surface area contributed by atoms with Crippen molar-refractivity contribution in [2.75, 3.05) is 13.7 Å². The van der Waals surface area contributed by atoms with E-state index in [4.69, 9.17) is 9.15 Å². The molecule has 2 aromatic rings. The maximum absolute atomic E-state index is 12.5. The molecule has 0 atom stereocenters. The molecule has 7 heteroatoms. The molecule has 0 radical (unpaired) electrons. The molecule has 1 heterocycles. The van der Waals surface area contributed by atoms with Crippen molar-refractivity contribution in [3.05, 3.63) is 53.5 Å². The highest BCUT2D eigenvalue weighted by atomic mass is 32.2. The number of nitrogens with zero attached hydrogens (tertiary/aromatic N) is 1. The largest absolute Gasteiger partial charge is 0.465 e. The van der Waals surface area contributed by atoms with E-state index in [-0.39, 0.29) is 18.0 Å². The first-order chi connectivity index (χ1) is 10.8. The van der Waals surface area contributed by atoms with E-state index in [1.165, 1.54) is 35.6 Å². The molecule has 0 bridgehead atoms. The summed E-state index contributed by atoms with van der Waals surface area (Å²) in [4.78, 5) is 11.7. The zero-order valence-corrected chi connectivity index (χ0v) is 14.1. The summed E-state index contributed by atoms with van der Waals surface area (Å²) in [5.41, 5.74) is 0.315. The number of sulfonamides is 1. The fraction of sp³-hybridized carbons (Fsp3) is 0.312. The van der Waals surface area contributed by atoms with E-state index in [1.807, 2.05) is 0 Å². The van der Waals surface area contributed by atoms with Gasteiger partial charge in [-0.2, -0.15) is 4.31 Å². The van der Waals surface area contributed by atoms with Gasteiger partial charge in [0.25, 0.3) is 0 Å². The molecule has 6 nitrogen and oxygen atoms in total. The van der Waals surface area contributed by atoms with E-state index >= 15 is 0 Å². The number of esters is 1. The van der Waals surface area contributed by atoms with Crippen LogP contribution in [0, 0.1) is 6.92 Å². The first-order valence-electron chi connectivity index (χ1n) is 7.13. The second-order valence-corrected chi connectivity index (χ2v) is 7.06. The fourth-order valence-corrected chi connectivity index (χ4v) is 3.17. The molecular weight excluding hydrogens is 318 g/mol. The molecule has 0 fully saturated rings. The number of carbonyl (C=O) groups is 1. The highest BCUT2D eigenvalue weighted by Gasteiger charge is 2.22. The summed E-state index contributed by atoms with van der Waals surface area (Å²) in [5.74, 6) is 0.817. The molecule has 0 saturated carbocycles. The summed E-state index contributed by atoms with van der Waals surface area (Å²) in [5, 5.41) is 0. The van der Waals surface area contributed by atoms with Gasteiger partial charge in [-0.3, -0.25) is 0 Å². The van der Waals surface area contributed by atoms with Crippen LogP contribution in [0.25, 0.3) is 0 Å². The van der Waals surface area contributed by atoms with Gasteiger partial charge < -0.3 is 9.15 Å². The quantitative estimate of drug-likeness (QED) is 0.757. The van der Waals surface area contributed by atoms with E-state index in [9.17, 15) is 13.2 Å². The van der Waals surface area contributed by atoms with Crippen molar-refractivity contribution in [2.45, 2.75) is 25.3 Å². The summed E-state index contributed by atoms with van der Waals surface area (Å²) in [6, 6.07) is 9.19. The van der Waals surface area contributed by atoms with Crippen molar-refractivity contribution in [3.63, 3.8) is 0 Å².